The van der Waals surface area contributed by atoms with Gasteiger partial charge in [0.25, 0.3) is 0 Å². The van der Waals surface area contributed by atoms with Crippen molar-refractivity contribution < 1.29 is 19.8 Å². The lowest BCUT2D eigenvalue weighted by Crippen LogP contribution is -2.26. The lowest BCUT2D eigenvalue weighted by molar-refractivity contribution is -0.117. The number of benzene rings is 1. The average molecular weight is 250 g/mol. The number of rotatable bonds is 3. The fraction of sp³-hybridized carbons (Fsp3) is 0.333. The van der Waals surface area contributed by atoms with Crippen LogP contribution in [0.4, 0.5) is 5.69 Å². The van der Waals surface area contributed by atoms with Crippen molar-refractivity contribution >= 4 is 17.6 Å². The maximum atomic E-state index is 11.8. The molecule has 18 heavy (non-hydrogen) atoms. The minimum atomic E-state index is -1.23. The molecule has 1 saturated heterocycles. The van der Waals surface area contributed by atoms with E-state index in [0.717, 1.165) is 0 Å². The summed E-state index contributed by atoms with van der Waals surface area (Å²) in [4.78, 5) is 24.1. The molecule has 6 heteroatoms. The Morgan fingerprint density at radius 2 is 2.22 bits per heavy atom. The van der Waals surface area contributed by atoms with Gasteiger partial charge in [-0.25, -0.2) is 4.79 Å². The van der Waals surface area contributed by atoms with E-state index in [2.05, 4.69) is 0 Å². The number of aromatic carboxylic acids is 1. The zero-order valence-electron chi connectivity index (χ0n) is 9.67. The van der Waals surface area contributed by atoms with E-state index in [-0.39, 0.29) is 28.8 Å². The van der Waals surface area contributed by atoms with Gasteiger partial charge in [0.05, 0.1) is 5.69 Å². The van der Waals surface area contributed by atoms with E-state index in [0.29, 0.717) is 19.5 Å². The summed E-state index contributed by atoms with van der Waals surface area (Å²) in [6, 6.07) is 4.32. The van der Waals surface area contributed by atoms with E-state index in [1.165, 1.54) is 23.1 Å². The van der Waals surface area contributed by atoms with Crippen LogP contribution < -0.4 is 10.6 Å². The Hall–Kier alpha value is -2.08. The van der Waals surface area contributed by atoms with Gasteiger partial charge in [-0.3, -0.25) is 4.79 Å². The first-order valence-corrected chi connectivity index (χ1v) is 5.60. The minimum absolute atomic E-state index is 0.0467. The van der Waals surface area contributed by atoms with Gasteiger partial charge < -0.3 is 20.8 Å². The quantitative estimate of drug-likeness (QED) is 0.720. The van der Waals surface area contributed by atoms with E-state index >= 15 is 0 Å². The van der Waals surface area contributed by atoms with E-state index in [9.17, 15) is 14.7 Å². The second-order valence-electron chi connectivity index (χ2n) is 4.29. The molecule has 96 valence electrons. The number of para-hydroxylation sites is 1. The number of nitrogens with two attached hydrogens (primary N) is 1. The predicted molar refractivity (Wildman–Crippen MR) is 64.6 cm³/mol. The van der Waals surface area contributed by atoms with Crippen LogP contribution in [0, 0.1) is 5.92 Å². The first-order valence-electron chi connectivity index (χ1n) is 5.60. The van der Waals surface area contributed by atoms with Gasteiger partial charge >= 0.3 is 5.97 Å². The topological polar surface area (TPSA) is 104 Å². The Labute approximate surface area is 104 Å². The first kappa shape index (κ1) is 12.4. The van der Waals surface area contributed by atoms with Gasteiger partial charge in [0.1, 0.15) is 5.56 Å². The number of phenols is 1. The number of aromatic hydroxyl groups is 1. The second-order valence-corrected chi connectivity index (χ2v) is 4.29. The molecule has 0 bridgehead atoms. The number of anilines is 1. The Kier molecular flexibility index (Phi) is 3.20. The molecule has 0 saturated carbocycles. The summed E-state index contributed by atoms with van der Waals surface area (Å²) in [7, 11) is 0. The van der Waals surface area contributed by atoms with Crippen LogP contribution in [0.25, 0.3) is 0 Å². The van der Waals surface area contributed by atoms with Crippen LogP contribution in [0.15, 0.2) is 18.2 Å². The molecular weight excluding hydrogens is 236 g/mol. The van der Waals surface area contributed by atoms with E-state index in [1.807, 2.05) is 0 Å². The number of amides is 1. The van der Waals surface area contributed by atoms with Crippen LogP contribution in [0.2, 0.25) is 0 Å². The van der Waals surface area contributed by atoms with Crippen molar-refractivity contribution in [2.24, 2.45) is 11.7 Å². The molecule has 0 aliphatic carbocycles. The minimum Gasteiger partial charge on any atom is -0.505 e. The van der Waals surface area contributed by atoms with Crippen LogP contribution >= 0.6 is 0 Å². The van der Waals surface area contributed by atoms with Crippen molar-refractivity contribution in [3.63, 3.8) is 0 Å². The van der Waals surface area contributed by atoms with Crippen molar-refractivity contribution in [3.8, 4) is 5.75 Å². The molecule has 0 aromatic heterocycles. The smallest absolute Gasteiger partial charge is 0.339 e. The van der Waals surface area contributed by atoms with Crippen LogP contribution in [0.3, 0.4) is 0 Å². The molecule has 1 heterocycles. The molecular formula is C12H14N2O4. The highest BCUT2D eigenvalue weighted by molar-refractivity contribution is 6.00. The summed E-state index contributed by atoms with van der Waals surface area (Å²) in [5.41, 5.74) is 5.54. The first-order chi connectivity index (χ1) is 8.54. The zero-order valence-corrected chi connectivity index (χ0v) is 9.67. The molecule has 6 nitrogen and oxygen atoms in total. The molecule has 0 spiro atoms. The highest BCUT2D eigenvalue weighted by atomic mass is 16.4. The SMILES string of the molecule is NCC1CC(=O)N(c2cccc(C(=O)O)c2O)C1. The monoisotopic (exact) mass is 250 g/mol. The Morgan fingerprint density at radius 3 is 2.78 bits per heavy atom. The van der Waals surface area contributed by atoms with Crippen molar-refractivity contribution in [3.05, 3.63) is 23.8 Å². The highest BCUT2D eigenvalue weighted by Gasteiger charge is 2.31. The van der Waals surface area contributed by atoms with Gasteiger partial charge in [0, 0.05) is 13.0 Å². The van der Waals surface area contributed by atoms with Crippen molar-refractivity contribution in [2.45, 2.75) is 6.42 Å². The molecule has 1 amide bonds. The van der Waals surface area contributed by atoms with E-state index < -0.39 is 5.97 Å². The number of hydrogen-bond donors (Lipinski definition) is 3. The summed E-state index contributed by atoms with van der Waals surface area (Å²) < 4.78 is 0. The molecule has 4 N–H and O–H groups in total. The molecule has 0 radical (unpaired) electrons. The summed E-state index contributed by atoms with van der Waals surface area (Å²) in [5, 5.41) is 18.8. The van der Waals surface area contributed by atoms with Gasteiger partial charge in [0.15, 0.2) is 5.75 Å². The Balaban J connectivity index is 2.37. The third kappa shape index (κ3) is 2.02. The maximum absolute atomic E-state index is 11.8. The molecule has 1 unspecified atom stereocenters. The third-order valence-corrected chi connectivity index (χ3v) is 3.07. The molecule has 1 fully saturated rings. The van der Waals surface area contributed by atoms with Gasteiger partial charge in [-0.2, -0.15) is 0 Å². The lowest BCUT2D eigenvalue weighted by Gasteiger charge is -2.18. The fourth-order valence-corrected chi connectivity index (χ4v) is 2.09. The summed E-state index contributed by atoms with van der Waals surface area (Å²) in [6.07, 6.45) is 0.327. The van der Waals surface area contributed by atoms with Crippen LogP contribution in [0.5, 0.6) is 5.75 Å². The number of hydrogen-bond acceptors (Lipinski definition) is 4. The number of carboxylic acids is 1. The number of carboxylic acid groups (broad SMARTS) is 1. The van der Waals surface area contributed by atoms with Crippen LogP contribution in [-0.2, 0) is 4.79 Å². The summed E-state index contributed by atoms with van der Waals surface area (Å²) >= 11 is 0. The van der Waals surface area contributed by atoms with Gasteiger partial charge in [0.2, 0.25) is 5.91 Å². The second kappa shape index (κ2) is 4.66. The molecule has 1 atom stereocenters. The standard InChI is InChI=1S/C12H14N2O4/c13-5-7-4-10(15)14(6-7)9-3-1-2-8(11(9)16)12(17)18/h1-3,7,16H,4-6,13H2,(H,17,18). The molecule has 1 aromatic rings. The van der Waals surface area contributed by atoms with Crippen molar-refractivity contribution in [1.82, 2.24) is 0 Å². The lowest BCUT2D eigenvalue weighted by atomic mass is 10.1. The highest BCUT2D eigenvalue weighted by Crippen LogP contribution is 2.34. The van der Waals surface area contributed by atoms with Gasteiger partial charge in [-0.1, -0.05) is 6.07 Å². The molecule has 1 aliphatic rings. The third-order valence-electron chi connectivity index (χ3n) is 3.07. The van der Waals surface area contributed by atoms with Crippen molar-refractivity contribution in [1.29, 1.82) is 0 Å². The van der Waals surface area contributed by atoms with Gasteiger partial charge in [-0.15, -0.1) is 0 Å². The van der Waals surface area contributed by atoms with Crippen molar-refractivity contribution in [2.75, 3.05) is 18.0 Å². The normalized spacial score (nSPS) is 19.3. The Morgan fingerprint density at radius 1 is 1.50 bits per heavy atom. The Bertz CT molecular complexity index is 501. The summed E-state index contributed by atoms with van der Waals surface area (Å²) in [5.74, 6) is -1.71. The van der Waals surface area contributed by atoms with E-state index in [1.54, 1.807) is 0 Å². The summed E-state index contributed by atoms with van der Waals surface area (Å²) in [6.45, 7) is 0.799. The van der Waals surface area contributed by atoms with Crippen LogP contribution in [-0.4, -0.2) is 35.2 Å². The number of nitrogens with zero attached hydrogens (tertiary/aromatic N) is 1. The molecule has 1 aromatic carbocycles. The molecule has 2 rings (SSSR count). The number of carbonyl (C=O) groups excluding carboxylic acids is 1. The zero-order chi connectivity index (χ0) is 13.3. The van der Waals surface area contributed by atoms with Gasteiger partial charge in [-0.05, 0) is 24.6 Å². The molecule has 1 aliphatic heterocycles. The van der Waals surface area contributed by atoms with Crippen LogP contribution in [0.1, 0.15) is 16.8 Å². The average Bonchev–Trinajstić information content (AvgIpc) is 2.70. The van der Waals surface area contributed by atoms with E-state index in [4.69, 9.17) is 10.8 Å². The fourth-order valence-electron chi connectivity index (χ4n) is 2.09. The largest absolute Gasteiger partial charge is 0.505 e. The predicted octanol–water partition coefficient (Wildman–Crippen LogP) is 0.402. The maximum Gasteiger partial charge on any atom is 0.339 e. The number of carbonyl (C=O) groups is 2.